The fourth-order valence-electron chi connectivity index (χ4n) is 3.82. The number of nitrogens with zero attached hydrogens (tertiary/aromatic N) is 1. The van der Waals surface area contributed by atoms with Crippen LogP contribution in [0.4, 0.5) is 10.1 Å². The zero-order valence-corrected chi connectivity index (χ0v) is 20.4. The molecular weight excluding hydrogens is 499 g/mol. The quantitative estimate of drug-likeness (QED) is 0.287. The normalized spacial score (nSPS) is 12.8. The van der Waals surface area contributed by atoms with Crippen molar-refractivity contribution in [1.29, 1.82) is 0 Å². The largest absolute Gasteiger partial charge is 0.351 e. The first kappa shape index (κ1) is 25.0. The fraction of sp³-hybridized carbons (Fsp3) is 0.238. The molecule has 0 radical (unpaired) electrons. The fourth-order valence-corrected chi connectivity index (χ4v) is 8.11. The maximum atomic E-state index is 14.0. The van der Waals surface area contributed by atoms with Gasteiger partial charge in [0.1, 0.15) is 0 Å². The second-order valence-electron chi connectivity index (χ2n) is 7.20. The maximum absolute atomic E-state index is 14.0. The highest BCUT2D eigenvalue weighted by Gasteiger charge is 2.54. The molecule has 3 aromatic carbocycles. The van der Waals surface area contributed by atoms with Crippen molar-refractivity contribution in [2.75, 3.05) is 4.31 Å². The van der Waals surface area contributed by atoms with Crippen LogP contribution in [0.2, 0.25) is 10.0 Å². The molecule has 0 aliphatic carbocycles. The summed E-state index contributed by atoms with van der Waals surface area (Å²) < 4.78 is 55.4. The molecule has 0 aliphatic rings. The highest BCUT2D eigenvalue weighted by atomic mass is 35.5. The first-order valence-corrected chi connectivity index (χ1v) is 13.4. The third kappa shape index (κ3) is 4.04. The molecule has 172 valence electrons. The van der Waals surface area contributed by atoms with E-state index in [2.05, 4.69) is 0 Å². The molecule has 0 aromatic heterocycles. The predicted octanol–water partition coefficient (Wildman–Crippen LogP) is 6.18. The Kier molecular flexibility index (Phi) is 6.97. The summed E-state index contributed by atoms with van der Waals surface area (Å²) >= 11 is 11.7. The Morgan fingerprint density at radius 3 is 2.06 bits per heavy atom. The summed E-state index contributed by atoms with van der Waals surface area (Å²) in [5.41, 5.74) is 0.0756. The zero-order valence-electron chi connectivity index (χ0n) is 17.2. The van der Waals surface area contributed by atoms with Gasteiger partial charge in [-0.15, -0.1) is 0 Å². The van der Waals surface area contributed by atoms with E-state index in [1.54, 1.807) is 36.4 Å². The average molecular weight is 520 g/mol. The second-order valence-corrected chi connectivity index (χ2v) is 11.7. The van der Waals surface area contributed by atoms with Gasteiger partial charge in [-0.2, -0.15) is 0 Å². The standard InChI is InChI=1S/C21H21Cl2FNO5PS/c1-3-21(4-2,31(26,27)28)25(19-11-7-9-14-8-5-6-10-16(14)19)32(29,30)15-12-17(22)20(24)18(23)13-15/h5-13H,3-4H2,1-2H3,(H2,26,27,28). The number of fused-ring (bicyclic) bond motifs is 1. The van der Waals surface area contributed by atoms with Crippen LogP contribution < -0.4 is 4.31 Å². The highest BCUT2D eigenvalue weighted by Crippen LogP contribution is 2.59. The molecule has 0 spiro atoms. The van der Waals surface area contributed by atoms with Crippen LogP contribution in [0, 0.1) is 5.82 Å². The molecule has 0 atom stereocenters. The Morgan fingerprint density at radius 1 is 1.00 bits per heavy atom. The van der Waals surface area contributed by atoms with Gasteiger partial charge in [-0.05, 0) is 36.4 Å². The smallest absolute Gasteiger partial charge is 0.323 e. The number of sulfonamides is 1. The van der Waals surface area contributed by atoms with E-state index in [1.807, 2.05) is 0 Å². The zero-order chi connectivity index (χ0) is 23.9. The third-order valence-corrected chi connectivity index (χ3v) is 9.99. The molecule has 11 heteroatoms. The second kappa shape index (κ2) is 8.93. The van der Waals surface area contributed by atoms with Gasteiger partial charge < -0.3 is 9.79 Å². The molecule has 0 amide bonds. The lowest BCUT2D eigenvalue weighted by atomic mass is 10.1. The third-order valence-electron chi connectivity index (χ3n) is 5.53. The molecule has 6 nitrogen and oxygen atoms in total. The van der Waals surface area contributed by atoms with Crippen molar-refractivity contribution < 1.29 is 27.2 Å². The minimum atomic E-state index is -5.05. The first-order valence-electron chi connectivity index (χ1n) is 9.64. The number of benzene rings is 3. The molecule has 0 aliphatic heterocycles. The summed E-state index contributed by atoms with van der Waals surface area (Å²) in [7, 11) is -9.72. The van der Waals surface area contributed by atoms with Gasteiger partial charge >= 0.3 is 7.60 Å². The Morgan fingerprint density at radius 2 is 1.53 bits per heavy atom. The summed E-state index contributed by atoms with van der Waals surface area (Å²) in [6, 6.07) is 13.5. The van der Waals surface area contributed by atoms with E-state index in [4.69, 9.17) is 23.2 Å². The number of rotatable bonds is 7. The molecule has 0 saturated heterocycles. The van der Waals surface area contributed by atoms with Gasteiger partial charge in [0.15, 0.2) is 11.1 Å². The number of anilines is 1. The predicted molar refractivity (Wildman–Crippen MR) is 125 cm³/mol. The Labute approximate surface area is 195 Å². The van der Waals surface area contributed by atoms with E-state index in [0.717, 1.165) is 16.4 Å². The van der Waals surface area contributed by atoms with E-state index in [9.17, 15) is 27.2 Å². The highest BCUT2D eigenvalue weighted by molar-refractivity contribution is 7.93. The average Bonchev–Trinajstić information content (AvgIpc) is 2.74. The van der Waals surface area contributed by atoms with Crippen LogP contribution in [-0.2, 0) is 14.6 Å². The lowest BCUT2D eigenvalue weighted by Crippen LogP contribution is -2.51. The number of halogens is 3. The van der Waals surface area contributed by atoms with Crippen LogP contribution in [-0.4, -0.2) is 23.5 Å². The van der Waals surface area contributed by atoms with Gasteiger partial charge in [-0.3, -0.25) is 4.57 Å². The van der Waals surface area contributed by atoms with Gasteiger partial charge in [-0.1, -0.05) is 73.4 Å². The Balaban J connectivity index is 2.47. The SMILES string of the molecule is CCC(CC)(N(c1cccc2ccccc12)S(=O)(=O)c1cc(Cl)c(F)c(Cl)c1)P(=O)(O)O. The van der Waals surface area contributed by atoms with E-state index in [-0.39, 0.29) is 18.5 Å². The first-order chi connectivity index (χ1) is 14.9. The lowest BCUT2D eigenvalue weighted by Gasteiger charge is -2.43. The van der Waals surface area contributed by atoms with Gasteiger partial charge in [0.25, 0.3) is 10.0 Å². The molecule has 0 unspecified atom stereocenters. The van der Waals surface area contributed by atoms with Crippen molar-refractivity contribution >= 4 is 57.3 Å². The number of hydrogen-bond acceptors (Lipinski definition) is 3. The Bertz CT molecular complexity index is 1300. The van der Waals surface area contributed by atoms with Gasteiger partial charge in [0.2, 0.25) is 0 Å². The molecule has 2 N–H and O–H groups in total. The Hall–Kier alpha value is -1.67. The topological polar surface area (TPSA) is 94.9 Å². The van der Waals surface area contributed by atoms with Crippen LogP contribution in [0.25, 0.3) is 10.8 Å². The van der Waals surface area contributed by atoms with Gasteiger partial charge in [-0.25, -0.2) is 17.1 Å². The van der Waals surface area contributed by atoms with E-state index in [0.29, 0.717) is 10.8 Å². The molecular formula is C21H21Cl2FNO5PS. The van der Waals surface area contributed by atoms with Crippen molar-refractivity contribution in [2.24, 2.45) is 0 Å². The number of hydrogen-bond donors (Lipinski definition) is 2. The van der Waals surface area contributed by atoms with Crippen molar-refractivity contribution in [3.63, 3.8) is 0 Å². The summed E-state index contributed by atoms with van der Waals surface area (Å²) in [6.45, 7) is 3.00. The van der Waals surface area contributed by atoms with E-state index < -0.39 is 43.7 Å². The monoisotopic (exact) mass is 519 g/mol. The summed E-state index contributed by atoms with van der Waals surface area (Å²) in [5, 5.41) is -2.01. The lowest BCUT2D eigenvalue weighted by molar-refractivity contribution is 0.317. The molecule has 32 heavy (non-hydrogen) atoms. The molecule has 0 heterocycles. The maximum Gasteiger partial charge on any atom is 0.351 e. The van der Waals surface area contributed by atoms with Crippen LogP contribution in [0.15, 0.2) is 59.5 Å². The minimum Gasteiger partial charge on any atom is -0.323 e. The van der Waals surface area contributed by atoms with Crippen LogP contribution in [0.1, 0.15) is 26.7 Å². The summed E-state index contributed by atoms with van der Waals surface area (Å²) in [4.78, 5) is 20.3. The summed E-state index contributed by atoms with van der Waals surface area (Å²) in [5.74, 6) is -0.990. The van der Waals surface area contributed by atoms with Crippen LogP contribution >= 0.6 is 30.8 Å². The molecule has 0 fully saturated rings. The van der Waals surface area contributed by atoms with Crippen molar-refractivity contribution in [3.05, 3.63) is 70.5 Å². The van der Waals surface area contributed by atoms with E-state index in [1.165, 1.54) is 19.9 Å². The molecule has 0 bridgehead atoms. The van der Waals surface area contributed by atoms with Crippen molar-refractivity contribution in [1.82, 2.24) is 0 Å². The van der Waals surface area contributed by atoms with Crippen molar-refractivity contribution in [3.8, 4) is 0 Å². The van der Waals surface area contributed by atoms with Gasteiger partial charge in [0.05, 0.1) is 20.6 Å². The summed E-state index contributed by atoms with van der Waals surface area (Å²) in [6.07, 6.45) is -0.391. The van der Waals surface area contributed by atoms with Gasteiger partial charge in [0, 0.05) is 5.39 Å². The van der Waals surface area contributed by atoms with Crippen LogP contribution in [0.5, 0.6) is 0 Å². The molecule has 0 saturated carbocycles. The molecule has 3 rings (SSSR count). The minimum absolute atomic E-state index is 0.0756. The molecule has 3 aromatic rings. The van der Waals surface area contributed by atoms with Crippen LogP contribution in [0.3, 0.4) is 0 Å². The van der Waals surface area contributed by atoms with E-state index >= 15 is 0 Å². The van der Waals surface area contributed by atoms with Crippen molar-refractivity contribution in [2.45, 2.75) is 36.9 Å².